The Hall–Kier alpha value is -0.630. The maximum Gasteiger partial charge on any atom is 0.116 e. The summed E-state index contributed by atoms with van der Waals surface area (Å²) < 4.78 is 5.41. The molecule has 0 radical (unpaired) electrons. The van der Waals surface area contributed by atoms with Crippen LogP contribution in [0, 0.1) is 11.3 Å². The Bertz CT molecular complexity index is 264. The van der Waals surface area contributed by atoms with Crippen molar-refractivity contribution in [1.29, 1.82) is 5.26 Å². The molecule has 0 spiro atoms. The average molecular weight is 239 g/mol. The van der Waals surface area contributed by atoms with E-state index >= 15 is 0 Å². The number of nitrogens with one attached hydrogen (secondary N) is 1. The third-order valence-corrected chi connectivity index (χ3v) is 3.35. The van der Waals surface area contributed by atoms with E-state index in [2.05, 4.69) is 23.2 Å². The van der Waals surface area contributed by atoms with E-state index in [1.165, 1.54) is 0 Å². The SMILES string of the molecule is CCCNC(C)(C#N)CN1CCCC(OC)C1. The predicted molar refractivity (Wildman–Crippen MR) is 68.8 cm³/mol. The highest BCUT2D eigenvalue weighted by Gasteiger charge is 2.29. The zero-order valence-electron chi connectivity index (χ0n) is 11.3. The fourth-order valence-corrected chi connectivity index (χ4v) is 2.33. The minimum absolute atomic E-state index is 0.331. The number of rotatable bonds is 6. The van der Waals surface area contributed by atoms with E-state index in [1.54, 1.807) is 7.11 Å². The van der Waals surface area contributed by atoms with Gasteiger partial charge in [-0.1, -0.05) is 6.92 Å². The van der Waals surface area contributed by atoms with Crippen LogP contribution in [0.15, 0.2) is 0 Å². The van der Waals surface area contributed by atoms with Gasteiger partial charge >= 0.3 is 0 Å². The first-order valence-corrected chi connectivity index (χ1v) is 6.55. The van der Waals surface area contributed by atoms with Gasteiger partial charge in [0.25, 0.3) is 0 Å². The van der Waals surface area contributed by atoms with Crippen LogP contribution in [0.1, 0.15) is 33.1 Å². The van der Waals surface area contributed by atoms with E-state index in [4.69, 9.17) is 4.74 Å². The van der Waals surface area contributed by atoms with E-state index in [-0.39, 0.29) is 0 Å². The Morgan fingerprint density at radius 1 is 1.59 bits per heavy atom. The summed E-state index contributed by atoms with van der Waals surface area (Å²) in [6, 6.07) is 2.40. The lowest BCUT2D eigenvalue weighted by Gasteiger charge is -2.36. The van der Waals surface area contributed by atoms with Crippen molar-refractivity contribution in [3.8, 4) is 6.07 Å². The summed E-state index contributed by atoms with van der Waals surface area (Å²) in [4.78, 5) is 2.34. The molecule has 0 aliphatic carbocycles. The Morgan fingerprint density at radius 3 is 2.94 bits per heavy atom. The van der Waals surface area contributed by atoms with Crippen LogP contribution in [0.2, 0.25) is 0 Å². The Kier molecular flexibility index (Phi) is 5.90. The van der Waals surface area contributed by atoms with Gasteiger partial charge in [-0.2, -0.15) is 5.26 Å². The van der Waals surface area contributed by atoms with Crippen molar-refractivity contribution >= 4 is 0 Å². The summed E-state index contributed by atoms with van der Waals surface area (Å²) in [5.74, 6) is 0. The second-order valence-electron chi connectivity index (χ2n) is 5.11. The average Bonchev–Trinajstić information content (AvgIpc) is 2.36. The molecule has 0 aromatic heterocycles. The molecule has 0 aromatic rings. The number of piperidine rings is 1. The van der Waals surface area contributed by atoms with Crippen LogP contribution in [-0.4, -0.2) is 49.8 Å². The molecule has 0 saturated carbocycles. The number of methoxy groups -OCH3 is 1. The van der Waals surface area contributed by atoms with Gasteiger partial charge in [-0.25, -0.2) is 0 Å². The van der Waals surface area contributed by atoms with Crippen LogP contribution < -0.4 is 5.32 Å². The molecule has 1 aliphatic heterocycles. The summed E-state index contributed by atoms with van der Waals surface area (Å²) in [5, 5.41) is 12.6. The Balaban J connectivity index is 2.47. The van der Waals surface area contributed by atoms with Crippen molar-refractivity contribution in [3.05, 3.63) is 0 Å². The van der Waals surface area contributed by atoms with Gasteiger partial charge in [-0.05, 0) is 39.3 Å². The zero-order chi connectivity index (χ0) is 12.7. The summed E-state index contributed by atoms with van der Waals surface area (Å²) in [6.07, 6.45) is 3.68. The van der Waals surface area contributed by atoms with Gasteiger partial charge in [0.1, 0.15) is 5.54 Å². The molecule has 0 aromatic carbocycles. The van der Waals surface area contributed by atoms with Gasteiger partial charge in [0.05, 0.1) is 12.2 Å². The molecule has 2 unspecified atom stereocenters. The molecular formula is C13H25N3O. The number of nitrogens with zero attached hydrogens (tertiary/aromatic N) is 2. The topological polar surface area (TPSA) is 48.3 Å². The van der Waals surface area contributed by atoms with Crippen molar-refractivity contribution in [3.63, 3.8) is 0 Å². The van der Waals surface area contributed by atoms with Gasteiger partial charge in [0.15, 0.2) is 0 Å². The van der Waals surface area contributed by atoms with Crippen LogP contribution in [0.4, 0.5) is 0 Å². The fraction of sp³-hybridized carbons (Fsp3) is 0.923. The Morgan fingerprint density at radius 2 is 2.35 bits per heavy atom. The molecule has 1 rings (SSSR count). The quantitative estimate of drug-likeness (QED) is 0.761. The molecule has 1 saturated heterocycles. The molecule has 0 bridgehead atoms. The van der Waals surface area contributed by atoms with E-state index in [1.807, 2.05) is 6.92 Å². The number of ether oxygens (including phenoxy) is 1. The van der Waals surface area contributed by atoms with E-state index in [9.17, 15) is 5.26 Å². The molecule has 0 amide bonds. The molecular weight excluding hydrogens is 214 g/mol. The monoisotopic (exact) mass is 239 g/mol. The van der Waals surface area contributed by atoms with E-state index < -0.39 is 5.54 Å². The molecule has 17 heavy (non-hydrogen) atoms. The summed E-state index contributed by atoms with van der Waals surface area (Å²) in [5.41, 5.74) is -0.439. The van der Waals surface area contributed by atoms with Crippen LogP contribution in [0.3, 0.4) is 0 Å². The Labute approximate surface area is 105 Å². The van der Waals surface area contributed by atoms with Crippen molar-refractivity contribution in [2.45, 2.75) is 44.8 Å². The predicted octanol–water partition coefficient (Wildman–Crippen LogP) is 1.38. The molecule has 1 aliphatic rings. The summed E-state index contributed by atoms with van der Waals surface area (Å²) in [6.45, 7) is 7.80. The van der Waals surface area contributed by atoms with Crippen LogP contribution in [-0.2, 0) is 4.74 Å². The normalized spacial score (nSPS) is 25.2. The molecule has 1 heterocycles. The molecule has 1 fully saturated rings. The highest BCUT2D eigenvalue weighted by atomic mass is 16.5. The second-order valence-corrected chi connectivity index (χ2v) is 5.11. The lowest BCUT2D eigenvalue weighted by atomic mass is 10.0. The third kappa shape index (κ3) is 4.63. The third-order valence-electron chi connectivity index (χ3n) is 3.35. The molecule has 4 nitrogen and oxygen atoms in total. The van der Waals surface area contributed by atoms with Crippen molar-refractivity contribution in [1.82, 2.24) is 10.2 Å². The molecule has 1 N–H and O–H groups in total. The highest BCUT2D eigenvalue weighted by Crippen LogP contribution is 2.15. The van der Waals surface area contributed by atoms with Gasteiger partial charge in [0, 0.05) is 20.2 Å². The number of hydrogen-bond acceptors (Lipinski definition) is 4. The summed E-state index contributed by atoms with van der Waals surface area (Å²) in [7, 11) is 1.77. The first-order valence-electron chi connectivity index (χ1n) is 6.55. The number of likely N-dealkylation sites (tertiary alicyclic amines) is 1. The van der Waals surface area contributed by atoms with Gasteiger partial charge in [-0.3, -0.25) is 10.2 Å². The van der Waals surface area contributed by atoms with Crippen molar-refractivity contribution in [2.24, 2.45) is 0 Å². The smallest absolute Gasteiger partial charge is 0.116 e. The van der Waals surface area contributed by atoms with Crippen LogP contribution in [0.25, 0.3) is 0 Å². The number of nitriles is 1. The lowest BCUT2D eigenvalue weighted by molar-refractivity contribution is 0.0254. The molecule has 4 heteroatoms. The van der Waals surface area contributed by atoms with Crippen LogP contribution >= 0.6 is 0 Å². The van der Waals surface area contributed by atoms with Crippen molar-refractivity contribution in [2.75, 3.05) is 33.3 Å². The van der Waals surface area contributed by atoms with E-state index in [0.717, 1.165) is 45.4 Å². The van der Waals surface area contributed by atoms with Crippen molar-refractivity contribution < 1.29 is 4.74 Å². The standard InChI is InChI=1S/C13H25N3O/c1-4-7-15-13(2,10-14)11-16-8-5-6-12(9-16)17-3/h12,15H,4-9,11H2,1-3H3. The van der Waals surface area contributed by atoms with Crippen LogP contribution in [0.5, 0.6) is 0 Å². The minimum atomic E-state index is -0.439. The maximum atomic E-state index is 9.30. The fourth-order valence-electron chi connectivity index (χ4n) is 2.33. The largest absolute Gasteiger partial charge is 0.380 e. The zero-order valence-corrected chi connectivity index (χ0v) is 11.3. The minimum Gasteiger partial charge on any atom is -0.380 e. The first kappa shape index (κ1) is 14.4. The van der Waals surface area contributed by atoms with Gasteiger partial charge in [0.2, 0.25) is 0 Å². The van der Waals surface area contributed by atoms with E-state index in [0.29, 0.717) is 6.10 Å². The lowest BCUT2D eigenvalue weighted by Crippen LogP contribution is -2.53. The summed E-state index contributed by atoms with van der Waals surface area (Å²) >= 11 is 0. The highest BCUT2D eigenvalue weighted by molar-refractivity contribution is 5.06. The molecule has 2 atom stereocenters. The van der Waals surface area contributed by atoms with Gasteiger partial charge in [-0.15, -0.1) is 0 Å². The number of hydrogen-bond donors (Lipinski definition) is 1. The maximum absolute atomic E-state index is 9.30. The van der Waals surface area contributed by atoms with Gasteiger partial charge < -0.3 is 4.74 Å². The molecule has 98 valence electrons. The second kappa shape index (κ2) is 6.95. The first-order chi connectivity index (χ1) is 8.13.